The van der Waals surface area contributed by atoms with Crippen molar-refractivity contribution in [2.75, 3.05) is 20.5 Å². The summed E-state index contributed by atoms with van der Waals surface area (Å²) in [6.07, 6.45) is 1.26. The highest BCUT2D eigenvalue weighted by Crippen LogP contribution is 2.35. The summed E-state index contributed by atoms with van der Waals surface area (Å²) < 4.78 is 33.8. The van der Waals surface area contributed by atoms with Crippen molar-refractivity contribution in [3.8, 4) is 11.5 Å². The smallest absolute Gasteiger partial charge is 0.309 e. The number of aliphatic carboxylic acids is 1. The highest BCUT2D eigenvalue weighted by molar-refractivity contribution is 7.90. The molecule has 21 heavy (non-hydrogen) atoms. The minimum absolute atomic E-state index is 0.0127. The zero-order chi connectivity index (χ0) is 16.4. The van der Waals surface area contributed by atoms with E-state index in [0.717, 1.165) is 6.26 Å². The van der Waals surface area contributed by atoms with E-state index in [1.807, 2.05) is 0 Å². The molecule has 0 saturated carbocycles. The molecule has 0 saturated heterocycles. The van der Waals surface area contributed by atoms with Crippen LogP contribution in [-0.2, 0) is 21.1 Å². The van der Waals surface area contributed by atoms with E-state index < -0.39 is 21.2 Å². The Labute approximate surface area is 124 Å². The largest absolute Gasteiger partial charge is 0.496 e. The van der Waals surface area contributed by atoms with Gasteiger partial charge in [0.25, 0.3) is 0 Å². The summed E-state index contributed by atoms with van der Waals surface area (Å²) in [4.78, 5) is 11.3. The van der Waals surface area contributed by atoms with Crippen molar-refractivity contribution in [2.45, 2.75) is 25.2 Å². The zero-order valence-electron chi connectivity index (χ0n) is 12.8. The van der Waals surface area contributed by atoms with E-state index in [-0.39, 0.29) is 17.1 Å². The average Bonchev–Trinajstić information content (AvgIpc) is 2.36. The van der Waals surface area contributed by atoms with Gasteiger partial charge >= 0.3 is 5.97 Å². The number of carboxylic acids is 1. The van der Waals surface area contributed by atoms with Crippen molar-refractivity contribution in [3.05, 3.63) is 17.7 Å². The standard InChI is InChI=1S/C14H20O6S/c1-14(2,13(15)16)8-9-6-11(20-4)12(21(5,17)18)7-10(9)19-3/h6-7H,8H2,1-5H3,(H,15,16). The average molecular weight is 316 g/mol. The van der Waals surface area contributed by atoms with Gasteiger partial charge in [-0.2, -0.15) is 0 Å². The van der Waals surface area contributed by atoms with Gasteiger partial charge < -0.3 is 14.6 Å². The molecule has 7 heteroatoms. The molecule has 0 atom stereocenters. The number of benzene rings is 1. The summed E-state index contributed by atoms with van der Waals surface area (Å²) in [6, 6.07) is 2.88. The van der Waals surface area contributed by atoms with Crippen LogP contribution in [0, 0.1) is 5.41 Å². The second kappa shape index (κ2) is 5.93. The van der Waals surface area contributed by atoms with E-state index in [4.69, 9.17) is 9.47 Å². The maximum Gasteiger partial charge on any atom is 0.309 e. The lowest BCUT2D eigenvalue weighted by Crippen LogP contribution is -2.26. The number of sulfone groups is 1. The fraction of sp³-hybridized carbons (Fsp3) is 0.500. The van der Waals surface area contributed by atoms with Gasteiger partial charge in [0.1, 0.15) is 16.4 Å². The zero-order valence-corrected chi connectivity index (χ0v) is 13.6. The van der Waals surface area contributed by atoms with Gasteiger partial charge in [-0.3, -0.25) is 4.79 Å². The molecule has 1 N–H and O–H groups in total. The minimum Gasteiger partial charge on any atom is -0.496 e. The molecule has 1 rings (SSSR count). The normalized spacial score (nSPS) is 12.0. The van der Waals surface area contributed by atoms with E-state index in [1.54, 1.807) is 13.8 Å². The van der Waals surface area contributed by atoms with Crippen molar-refractivity contribution in [1.82, 2.24) is 0 Å². The van der Waals surface area contributed by atoms with Crippen molar-refractivity contribution in [3.63, 3.8) is 0 Å². The summed E-state index contributed by atoms with van der Waals surface area (Å²) >= 11 is 0. The molecule has 0 radical (unpaired) electrons. The van der Waals surface area contributed by atoms with Crippen LogP contribution in [0.1, 0.15) is 19.4 Å². The Bertz CT molecular complexity index is 646. The van der Waals surface area contributed by atoms with Crippen LogP contribution in [0.4, 0.5) is 0 Å². The SMILES string of the molecule is COc1cc(S(C)(=O)=O)c(OC)cc1CC(C)(C)C(=O)O. The fourth-order valence-corrected chi connectivity index (χ4v) is 2.74. The first-order chi connectivity index (χ1) is 9.52. The topological polar surface area (TPSA) is 89.9 Å². The van der Waals surface area contributed by atoms with Crippen LogP contribution >= 0.6 is 0 Å². The summed E-state index contributed by atoms with van der Waals surface area (Å²) in [6.45, 7) is 3.18. The Morgan fingerprint density at radius 1 is 1.19 bits per heavy atom. The van der Waals surface area contributed by atoms with Crippen molar-refractivity contribution in [1.29, 1.82) is 0 Å². The Hall–Kier alpha value is -1.76. The van der Waals surface area contributed by atoms with Gasteiger partial charge in [-0.25, -0.2) is 8.42 Å². The van der Waals surface area contributed by atoms with E-state index in [2.05, 4.69) is 0 Å². The maximum absolute atomic E-state index is 11.8. The molecule has 0 amide bonds. The van der Waals surface area contributed by atoms with Gasteiger partial charge in [0, 0.05) is 12.3 Å². The lowest BCUT2D eigenvalue weighted by molar-refractivity contribution is -0.146. The van der Waals surface area contributed by atoms with Crippen molar-refractivity contribution >= 4 is 15.8 Å². The van der Waals surface area contributed by atoms with E-state index in [0.29, 0.717) is 11.3 Å². The molecule has 1 aromatic rings. The maximum atomic E-state index is 11.8. The first kappa shape index (κ1) is 17.3. The Morgan fingerprint density at radius 3 is 2.10 bits per heavy atom. The molecule has 0 spiro atoms. The first-order valence-corrected chi connectivity index (χ1v) is 8.10. The molecule has 6 nitrogen and oxygen atoms in total. The van der Waals surface area contributed by atoms with Gasteiger partial charge in [-0.1, -0.05) is 0 Å². The molecule has 0 aliphatic rings. The van der Waals surface area contributed by atoms with Gasteiger partial charge in [0.05, 0.1) is 19.6 Å². The van der Waals surface area contributed by atoms with Gasteiger partial charge in [-0.15, -0.1) is 0 Å². The highest BCUT2D eigenvalue weighted by Gasteiger charge is 2.30. The predicted octanol–water partition coefficient (Wildman–Crippen LogP) is 1.76. The summed E-state index contributed by atoms with van der Waals surface area (Å²) in [7, 11) is -0.705. The molecule has 0 aliphatic carbocycles. The number of hydrogen-bond donors (Lipinski definition) is 1. The Kier molecular flexibility index (Phi) is 4.88. The number of ether oxygens (including phenoxy) is 2. The fourth-order valence-electron chi connectivity index (χ4n) is 1.91. The number of hydrogen-bond acceptors (Lipinski definition) is 5. The molecular formula is C14H20O6S. The van der Waals surface area contributed by atoms with Crippen LogP contribution in [0.25, 0.3) is 0 Å². The summed E-state index contributed by atoms with van der Waals surface area (Å²) in [5.74, 6) is -0.448. The quantitative estimate of drug-likeness (QED) is 0.860. The molecule has 118 valence electrons. The van der Waals surface area contributed by atoms with Gasteiger partial charge in [0.2, 0.25) is 0 Å². The molecule has 0 bridgehead atoms. The lowest BCUT2D eigenvalue weighted by atomic mass is 9.85. The van der Waals surface area contributed by atoms with E-state index >= 15 is 0 Å². The summed E-state index contributed by atoms with van der Waals surface area (Å²) in [5.41, 5.74) is -0.431. The van der Waals surface area contributed by atoms with Gasteiger partial charge in [0.15, 0.2) is 9.84 Å². The second-order valence-electron chi connectivity index (χ2n) is 5.45. The van der Waals surface area contributed by atoms with E-state index in [9.17, 15) is 18.3 Å². The number of methoxy groups -OCH3 is 2. The Balaban J connectivity index is 3.45. The number of carboxylic acid groups (broad SMARTS) is 1. The van der Waals surface area contributed by atoms with E-state index in [1.165, 1.54) is 26.4 Å². The van der Waals surface area contributed by atoms with Crippen LogP contribution < -0.4 is 9.47 Å². The lowest BCUT2D eigenvalue weighted by Gasteiger charge is -2.21. The van der Waals surface area contributed by atoms with Crippen molar-refractivity contribution in [2.24, 2.45) is 5.41 Å². The van der Waals surface area contributed by atoms with Crippen LogP contribution in [0.2, 0.25) is 0 Å². The molecule has 0 aromatic heterocycles. The second-order valence-corrected chi connectivity index (χ2v) is 7.44. The molecule has 0 aliphatic heterocycles. The first-order valence-electron chi connectivity index (χ1n) is 6.21. The number of rotatable bonds is 6. The molecule has 0 heterocycles. The molecular weight excluding hydrogens is 296 g/mol. The minimum atomic E-state index is -3.48. The molecule has 0 fully saturated rings. The monoisotopic (exact) mass is 316 g/mol. The van der Waals surface area contributed by atoms with Crippen molar-refractivity contribution < 1.29 is 27.8 Å². The number of carbonyl (C=O) groups is 1. The third kappa shape index (κ3) is 3.87. The van der Waals surface area contributed by atoms with Crippen LogP contribution in [0.3, 0.4) is 0 Å². The van der Waals surface area contributed by atoms with Crippen LogP contribution in [0.15, 0.2) is 17.0 Å². The predicted molar refractivity (Wildman–Crippen MR) is 77.8 cm³/mol. The molecule has 0 unspecified atom stereocenters. The Morgan fingerprint density at radius 2 is 1.71 bits per heavy atom. The third-order valence-corrected chi connectivity index (χ3v) is 4.30. The molecule has 1 aromatic carbocycles. The highest BCUT2D eigenvalue weighted by atomic mass is 32.2. The summed E-state index contributed by atoms with van der Waals surface area (Å²) in [5, 5.41) is 9.21. The van der Waals surface area contributed by atoms with Crippen LogP contribution in [0.5, 0.6) is 11.5 Å². The third-order valence-electron chi connectivity index (χ3n) is 3.18. The van der Waals surface area contributed by atoms with Crippen LogP contribution in [-0.4, -0.2) is 40.0 Å². The van der Waals surface area contributed by atoms with Gasteiger partial charge in [-0.05, 0) is 31.9 Å².